The predicted octanol–water partition coefficient (Wildman–Crippen LogP) is 1.08. The predicted molar refractivity (Wildman–Crippen MR) is 48.8 cm³/mol. The monoisotopic (exact) mass is 156 g/mol. The van der Waals surface area contributed by atoms with Gasteiger partial charge in [0.2, 0.25) is 0 Å². The van der Waals surface area contributed by atoms with Gasteiger partial charge in [-0.3, -0.25) is 0 Å². The van der Waals surface area contributed by atoms with Crippen LogP contribution in [0.5, 0.6) is 0 Å². The molecule has 0 saturated carbocycles. The van der Waals surface area contributed by atoms with Crippen molar-refractivity contribution in [3.8, 4) is 0 Å². The summed E-state index contributed by atoms with van der Waals surface area (Å²) in [6.45, 7) is 2.46. The molecule has 0 radical (unpaired) electrons. The second-order valence-corrected chi connectivity index (χ2v) is 3.52. The molecule has 11 heavy (non-hydrogen) atoms. The zero-order valence-corrected chi connectivity index (χ0v) is 7.77. The van der Waals surface area contributed by atoms with Gasteiger partial charge in [-0.25, -0.2) is 0 Å². The Labute approximate surface area is 70.0 Å². The smallest absolute Gasteiger partial charge is 0.0104 e. The maximum Gasteiger partial charge on any atom is 0.0104 e. The van der Waals surface area contributed by atoms with Crippen molar-refractivity contribution in [1.82, 2.24) is 10.2 Å². The van der Waals surface area contributed by atoms with Crippen LogP contribution in [0.25, 0.3) is 0 Å². The molecule has 1 fully saturated rings. The second kappa shape index (κ2) is 4.73. The van der Waals surface area contributed by atoms with E-state index in [0.29, 0.717) is 0 Å². The van der Waals surface area contributed by atoms with Crippen molar-refractivity contribution >= 4 is 0 Å². The van der Waals surface area contributed by atoms with E-state index in [-0.39, 0.29) is 0 Å². The molecule has 1 heterocycles. The van der Waals surface area contributed by atoms with Crippen molar-refractivity contribution < 1.29 is 0 Å². The normalized spacial score (nSPS) is 27.3. The van der Waals surface area contributed by atoms with Crippen LogP contribution in [0.15, 0.2) is 0 Å². The molecule has 1 aliphatic heterocycles. The summed E-state index contributed by atoms with van der Waals surface area (Å²) < 4.78 is 0. The zero-order valence-electron chi connectivity index (χ0n) is 7.77. The fourth-order valence-corrected chi connectivity index (χ4v) is 1.82. The Kier molecular flexibility index (Phi) is 3.87. The van der Waals surface area contributed by atoms with Gasteiger partial charge in [0.1, 0.15) is 0 Å². The Hall–Kier alpha value is -0.0800. The first-order chi connectivity index (χ1) is 5.34. The summed E-state index contributed by atoms with van der Waals surface area (Å²) in [5.41, 5.74) is 0. The van der Waals surface area contributed by atoms with Crippen molar-refractivity contribution in [2.24, 2.45) is 0 Å². The Morgan fingerprint density at radius 3 is 2.91 bits per heavy atom. The molecule has 0 amide bonds. The molecule has 0 aliphatic carbocycles. The van der Waals surface area contributed by atoms with Gasteiger partial charge in [0.05, 0.1) is 0 Å². The van der Waals surface area contributed by atoms with Crippen LogP contribution in [0.3, 0.4) is 0 Å². The van der Waals surface area contributed by atoms with E-state index in [9.17, 15) is 0 Å². The van der Waals surface area contributed by atoms with Gasteiger partial charge in [0.15, 0.2) is 0 Å². The highest BCUT2D eigenvalue weighted by atomic mass is 15.1. The lowest BCUT2D eigenvalue weighted by atomic mass is 10.0. The number of hydrogen-bond donors (Lipinski definition) is 1. The SMILES string of the molecule is CNCC[C@@H]1CCCCN1C. The first-order valence-corrected chi connectivity index (χ1v) is 4.69. The maximum atomic E-state index is 3.21. The minimum Gasteiger partial charge on any atom is -0.320 e. The molecule has 1 aliphatic rings. The fraction of sp³-hybridized carbons (Fsp3) is 1.00. The van der Waals surface area contributed by atoms with Gasteiger partial charge < -0.3 is 10.2 Å². The molecule has 0 bridgehead atoms. The Balaban J connectivity index is 2.18. The van der Waals surface area contributed by atoms with Gasteiger partial charge in [0.25, 0.3) is 0 Å². The van der Waals surface area contributed by atoms with Gasteiger partial charge >= 0.3 is 0 Å². The van der Waals surface area contributed by atoms with Crippen LogP contribution in [0.2, 0.25) is 0 Å². The number of nitrogens with one attached hydrogen (secondary N) is 1. The van der Waals surface area contributed by atoms with Crippen LogP contribution < -0.4 is 5.32 Å². The molecule has 0 aromatic heterocycles. The minimum atomic E-state index is 0.844. The lowest BCUT2D eigenvalue weighted by molar-refractivity contribution is 0.176. The summed E-state index contributed by atoms with van der Waals surface area (Å²) in [6.07, 6.45) is 5.54. The van der Waals surface area contributed by atoms with Crippen molar-refractivity contribution in [2.75, 3.05) is 27.2 Å². The van der Waals surface area contributed by atoms with Gasteiger partial charge in [-0.15, -0.1) is 0 Å². The molecule has 1 rings (SSSR count). The van der Waals surface area contributed by atoms with Crippen LogP contribution in [-0.4, -0.2) is 38.1 Å². The van der Waals surface area contributed by atoms with Crippen LogP contribution in [0.1, 0.15) is 25.7 Å². The van der Waals surface area contributed by atoms with Crippen LogP contribution >= 0.6 is 0 Å². The highest BCUT2D eigenvalue weighted by molar-refractivity contribution is 4.74. The number of hydrogen-bond acceptors (Lipinski definition) is 2. The first-order valence-electron chi connectivity index (χ1n) is 4.69. The summed E-state index contributed by atoms with van der Waals surface area (Å²) in [5.74, 6) is 0. The zero-order chi connectivity index (χ0) is 8.10. The van der Waals surface area contributed by atoms with E-state index in [4.69, 9.17) is 0 Å². The molecule has 0 spiro atoms. The lowest BCUT2D eigenvalue weighted by Gasteiger charge is -2.32. The summed E-state index contributed by atoms with van der Waals surface area (Å²) in [5, 5.41) is 3.21. The Morgan fingerprint density at radius 2 is 2.27 bits per heavy atom. The van der Waals surface area contributed by atoms with Crippen molar-refractivity contribution in [2.45, 2.75) is 31.7 Å². The average Bonchev–Trinajstić information content (AvgIpc) is 2.03. The number of rotatable bonds is 3. The summed E-state index contributed by atoms with van der Waals surface area (Å²) >= 11 is 0. The third kappa shape index (κ3) is 2.80. The molecular weight excluding hydrogens is 136 g/mol. The molecule has 1 N–H and O–H groups in total. The van der Waals surface area contributed by atoms with Crippen molar-refractivity contribution in [3.63, 3.8) is 0 Å². The molecule has 0 unspecified atom stereocenters. The average molecular weight is 156 g/mol. The van der Waals surface area contributed by atoms with Gasteiger partial charge in [-0.05, 0) is 46.4 Å². The third-order valence-corrected chi connectivity index (χ3v) is 2.65. The van der Waals surface area contributed by atoms with E-state index in [2.05, 4.69) is 17.3 Å². The molecule has 2 heteroatoms. The second-order valence-electron chi connectivity index (χ2n) is 3.52. The molecule has 2 nitrogen and oxygen atoms in total. The van der Waals surface area contributed by atoms with E-state index >= 15 is 0 Å². The molecular formula is C9H20N2. The quantitative estimate of drug-likeness (QED) is 0.658. The van der Waals surface area contributed by atoms with Crippen molar-refractivity contribution in [3.05, 3.63) is 0 Å². The van der Waals surface area contributed by atoms with E-state index in [1.54, 1.807) is 0 Å². The first kappa shape index (κ1) is 9.01. The van der Waals surface area contributed by atoms with Crippen LogP contribution in [0, 0.1) is 0 Å². The molecule has 1 atom stereocenters. The van der Waals surface area contributed by atoms with E-state index in [1.165, 1.54) is 32.2 Å². The van der Waals surface area contributed by atoms with Gasteiger partial charge in [-0.1, -0.05) is 6.42 Å². The topological polar surface area (TPSA) is 15.3 Å². The number of nitrogens with zero attached hydrogens (tertiary/aromatic N) is 1. The van der Waals surface area contributed by atoms with Crippen molar-refractivity contribution in [1.29, 1.82) is 0 Å². The largest absolute Gasteiger partial charge is 0.320 e. The molecule has 1 saturated heterocycles. The molecule has 0 aromatic rings. The minimum absolute atomic E-state index is 0.844. The number of likely N-dealkylation sites (tertiary alicyclic amines) is 1. The van der Waals surface area contributed by atoms with E-state index < -0.39 is 0 Å². The Morgan fingerprint density at radius 1 is 1.45 bits per heavy atom. The standard InChI is InChI=1S/C9H20N2/c1-10-7-6-9-5-3-4-8-11(9)2/h9-10H,3-8H2,1-2H3/t9-/m0/s1. The lowest BCUT2D eigenvalue weighted by Crippen LogP contribution is -2.37. The maximum absolute atomic E-state index is 3.21. The Bertz CT molecular complexity index is 104. The summed E-state index contributed by atoms with van der Waals surface area (Å²) in [6, 6.07) is 0.844. The highest BCUT2D eigenvalue weighted by Crippen LogP contribution is 2.16. The van der Waals surface area contributed by atoms with Crippen LogP contribution in [-0.2, 0) is 0 Å². The number of piperidine rings is 1. The molecule has 66 valence electrons. The summed E-state index contributed by atoms with van der Waals surface area (Å²) in [4.78, 5) is 2.50. The molecule has 0 aromatic carbocycles. The van der Waals surface area contributed by atoms with E-state index in [0.717, 1.165) is 12.6 Å². The summed E-state index contributed by atoms with van der Waals surface area (Å²) in [7, 11) is 4.28. The van der Waals surface area contributed by atoms with Gasteiger partial charge in [-0.2, -0.15) is 0 Å². The van der Waals surface area contributed by atoms with Gasteiger partial charge in [0, 0.05) is 6.04 Å². The third-order valence-electron chi connectivity index (χ3n) is 2.65. The van der Waals surface area contributed by atoms with E-state index in [1.807, 2.05) is 7.05 Å². The van der Waals surface area contributed by atoms with Crippen LogP contribution in [0.4, 0.5) is 0 Å². The fourth-order valence-electron chi connectivity index (χ4n) is 1.82. The highest BCUT2D eigenvalue weighted by Gasteiger charge is 2.17.